The van der Waals surface area contributed by atoms with Gasteiger partial charge in [-0.3, -0.25) is 0 Å². The second-order valence-electron chi connectivity index (χ2n) is 18.0. The molecule has 0 spiro atoms. The first-order valence-corrected chi connectivity index (χ1v) is 23.1. The summed E-state index contributed by atoms with van der Waals surface area (Å²) in [5, 5.41) is 10.9. The highest BCUT2D eigenvalue weighted by Gasteiger charge is 2.36. The van der Waals surface area contributed by atoms with Gasteiger partial charge in [0.25, 0.3) is 0 Å². The van der Waals surface area contributed by atoms with Crippen molar-refractivity contribution in [2.24, 2.45) is 5.73 Å². The average Bonchev–Trinajstić information content (AvgIpc) is 3.95. The minimum atomic E-state index is -0.156. The van der Waals surface area contributed by atoms with E-state index in [4.69, 9.17) is 19.0 Å². The number of hydrogen-bond acceptors (Lipinski definition) is 6. The van der Waals surface area contributed by atoms with Crippen LogP contribution in [0.2, 0.25) is 0 Å². The zero-order chi connectivity index (χ0) is 42.2. The van der Waals surface area contributed by atoms with Crippen molar-refractivity contribution in [3.8, 4) is 33.4 Å². The molecule has 3 aliphatic rings. The fourth-order valence-corrected chi connectivity index (χ4v) is 10.5. The Labute approximate surface area is 365 Å². The molecule has 316 valence electrons. The van der Waals surface area contributed by atoms with Crippen LogP contribution in [-0.2, 0) is 5.54 Å². The molecule has 0 radical (unpaired) electrons. The molecule has 4 N–H and O–H groups in total. The molecular weight excluding hydrogens is 763 g/mol. The second kappa shape index (κ2) is 17.2. The van der Waals surface area contributed by atoms with E-state index >= 15 is 0 Å². The van der Waals surface area contributed by atoms with Crippen molar-refractivity contribution in [3.05, 3.63) is 137 Å². The molecule has 10 rings (SSSR count). The Morgan fingerprint density at radius 1 is 0.726 bits per heavy atom. The summed E-state index contributed by atoms with van der Waals surface area (Å²) in [4.78, 5) is 0. The second-order valence-corrected chi connectivity index (χ2v) is 18.0. The fraction of sp³-hybridized carbons (Fsp3) is 0.321. The minimum Gasteiger partial charge on any atom is -0.457 e. The molecule has 2 aliphatic heterocycles. The van der Waals surface area contributed by atoms with Crippen molar-refractivity contribution >= 4 is 51.1 Å². The van der Waals surface area contributed by atoms with E-state index < -0.39 is 0 Å². The van der Waals surface area contributed by atoms with Crippen LogP contribution in [0.5, 0.6) is 0 Å². The number of rotatable bonds is 8. The van der Waals surface area contributed by atoms with Crippen LogP contribution in [0.25, 0.3) is 84.5 Å². The zero-order valence-electron chi connectivity index (χ0n) is 36.5. The van der Waals surface area contributed by atoms with E-state index in [2.05, 4.69) is 153 Å². The predicted octanol–water partition coefficient (Wildman–Crippen LogP) is 14.3. The van der Waals surface area contributed by atoms with Crippen LogP contribution in [-0.4, -0.2) is 25.7 Å². The van der Waals surface area contributed by atoms with Crippen LogP contribution in [0.4, 0.5) is 0 Å². The number of nitrogens with one attached hydrogen (secondary N) is 2. The van der Waals surface area contributed by atoms with Crippen LogP contribution in [0.1, 0.15) is 113 Å². The lowest BCUT2D eigenvalue weighted by atomic mass is 9.81. The molecule has 1 saturated carbocycles. The molecule has 6 heteroatoms. The summed E-state index contributed by atoms with van der Waals surface area (Å²) in [5.41, 5.74) is 19.8. The number of benzene rings is 4. The van der Waals surface area contributed by atoms with Crippen molar-refractivity contribution in [1.29, 1.82) is 0 Å². The first kappa shape index (κ1) is 40.4. The normalized spacial score (nSPS) is 22.1. The largest absolute Gasteiger partial charge is 0.457 e. The van der Waals surface area contributed by atoms with E-state index in [1.54, 1.807) is 0 Å². The van der Waals surface area contributed by atoms with Crippen LogP contribution in [0.3, 0.4) is 0 Å². The molecule has 0 saturated heterocycles. The molecule has 62 heavy (non-hydrogen) atoms. The lowest BCUT2D eigenvalue weighted by molar-refractivity contribution is 0.307. The topological polar surface area (TPSA) is 89.5 Å². The summed E-state index contributed by atoms with van der Waals surface area (Å²) in [6.07, 6.45) is 24.8. The molecule has 0 bridgehead atoms. The average molecular weight is 822 g/mol. The van der Waals surface area contributed by atoms with Crippen LogP contribution < -0.4 is 16.4 Å². The fourth-order valence-electron chi connectivity index (χ4n) is 10.5. The van der Waals surface area contributed by atoms with E-state index in [9.17, 15) is 0 Å². The van der Waals surface area contributed by atoms with E-state index in [0.29, 0.717) is 5.92 Å². The molecule has 1 aliphatic carbocycles. The smallest absolute Gasteiger partial charge is 0.135 e. The van der Waals surface area contributed by atoms with Crippen molar-refractivity contribution in [1.82, 2.24) is 10.6 Å². The molecule has 3 atom stereocenters. The number of nitrogens with two attached hydrogens (primary N) is 1. The SMILES string of the molecule is CCCC1(CC)NCC=Cc2oc3ccc(-c4cc(-c5ccc6oc(/C=C\C=C7\CCCC(N)C7)cc6c5)cc(-c5ccc6oc7c(c6c5)C(C)CCCNC/C=C\7)c4)cc3c21. The molecule has 4 aromatic carbocycles. The minimum absolute atomic E-state index is 0.156. The highest BCUT2D eigenvalue weighted by molar-refractivity contribution is 5.94. The van der Waals surface area contributed by atoms with E-state index in [0.717, 1.165) is 138 Å². The molecule has 1 fully saturated rings. The summed E-state index contributed by atoms with van der Waals surface area (Å²) < 4.78 is 19.5. The van der Waals surface area contributed by atoms with Crippen molar-refractivity contribution < 1.29 is 13.3 Å². The van der Waals surface area contributed by atoms with E-state index in [1.807, 2.05) is 0 Å². The van der Waals surface area contributed by atoms with E-state index in [1.165, 1.54) is 39.5 Å². The highest BCUT2D eigenvalue weighted by Crippen LogP contribution is 2.44. The molecule has 6 nitrogen and oxygen atoms in total. The van der Waals surface area contributed by atoms with Crippen LogP contribution in [0.15, 0.2) is 122 Å². The Hall–Kier alpha value is -5.66. The summed E-state index contributed by atoms with van der Waals surface area (Å²) in [7, 11) is 0. The maximum atomic E-state index is 6.61. The van der Waals surface area contributed by atoms with Gasteiger partial charge in [0, 0.05) is 52.0 Å². The van der Waals surface area contributed by atoms with Crippen LogP contribution in [0, 0.1) is 0 Å². The van der Waals surface area contributed by atoms with Gasteiger partial charge in [-0.1, -0.05) is 75.3 Å². The molecule has 5 heterocycles. The van der Waals surface area contributed by atoms with Crippen LogP contribution >= 0.6 is 0 Å². The quantitative estimate of drug-likeness (QED) is 0.141. The van der Waals surface area contributed by atoms with Gasteiger partial charge in [-0.15, -0.1) is 0 Å². The van der Waals surface area contributed by atoms with Crippen molar-refractivity contribution in [2.75, 3.05) is 19.6 Å². The third-order valence-corrected chi connectivity index (χ3v) is 13.7. The molecule has 3 unspecified atom stereocenters. The van der Waals surface area contributed by atoms with Gasteiger partial charge < -0.3 is 29.6 Å². The Balaban J connectivity index is 1.10. The molecular formula is C56H59N3O3. The highest BCUT2D eigenvalue weighted by atomic mass is 16.3. The van der Waals surface area contributed by atoms with Gasteiger partial charge >= 0.3 is 0 Å². The van der Waals surface area contributed by atoms with Crippen molar-refractivity contribution in [2.45, 2.75) is 96.1 Å². The maximum Gasteiger partial charge on any atom is 0.135 e. The lowest BCUT2D eigenvalue weighted by Gasteiger charge is -2.33. The van der Waals surface area contributed by atoms with Gasteiger partial charge in [0.05, 0.1) is 0 Å². The monoisotopic (exact) mass is 821 g/mol. The lowest BCUT2D eigenvalue weighted by Crippen LogP contribution is -2.41. The third kappa shape index (κ3) is 7.85. The number of furan rings is 3. The third-order valence-electron chi connectivity index (χ3n) is 13.7. The first-order valence-electron chi connectivity index (χ1n) is 23.1. The van der Waals surface area contributed by atoms with Gasteiger partial charge in [-0.05, 0) is 176 Å². The Bertz CT molecular complexity index is 2900. The summed E-state index contributed by atoms with van der Waals surface area (Å²) >= 11 is 0. The standard InChI is InChI=1S/C56H59N3O3/c1-4-24-56(5-2)55-48-35-40(20-23-51(48)62-53(55)17-10-27-59-56)43-31-41(38-18-21-49-44(29-38)33-46(60-49)15-7-13-37-12-6-14-45(57)28-37)30-42(32-43)39-19-22-50-47(34-39)54-36(3)11-8-25-58-26-9-16-52(54)61-50/h7,9-10,13,15-23,29-36,45,58-59H,4-6,8,11-12,14,24-28,57H2,1-3H3/b15-7-,16-9-,37-13-. The zero-order valence-corrected chi connectivity index (χ0v) is 36.5. The molecule has 7 aromatic rings. The Morgan fingerprint density at radius 2 is 1.42 bits per heavy atom. The Morgan fingerprint density at radius 3 is 2.18 bits per heavy atom. The molecule has 0 amide bonds. The Kier molecular flexibility index (Phi) is 11.2. The van der Waals surface area contributed by atoms with Gasteiger partial charge in [-0.2, -0.15) is 0 Å². The molecule has 3 aromatic heterocycles. The van der Waals surface area contributed by atoms with E-state index in [-0.39, 0.29) is 11.6 Å². The van der Waals surface area contributed by atoms with Crippen molar-refractivity contribution in [3.63, 3.8) is 0 Å². The summed E-state index contributed by atoms with van der Waals surface area (Å²) in [6, 6.07) is 29.6. The number of fused-ring (bicyclic) bond motifs is 7. The summed E-state index contributed by atoms with van der Waals surface area (Å²) in [5.74, 6) is 3.17. The number of allylic oxidation sites excluding steroid dienone is 2. The van der Waals surface area contributed by atoms with Gasteiger partial charge in [0.15, 0.2) is 0 Å². The van der Waals surface area contributed by atoms with Gasteiger partial charge in [0.1, 0.15) is 34.0 Å². The van der Waals surface area contributed by atoms with Gasteiger partial charge in [0.2, 0.25) is 0 Å². The predicted molar refractivity (Wildman–Crippen MR) is 259 cm³/mol. The van der Waals surface area contributed by atoms with Gasteiger partial charge in [-0.25, -0.2) is 0 Å². The summed E-state index contributed by atoms with van der Waals surface area (Å²) in [6.45, 7) is 9.62. The maximum absolute atomic E-state index is 6.61. The number of hydrogen-bond donors (Lipinski definition) is 3. The first-order chi connectivity index (χ1) is 30.4.